The Morgan fingerprint density at radius 3 is 1.34 bits per heavy atom. The van der Waals surface area contributed by atoms with Crippen molar-refractivity contribution in [3.05, 3.63) is 83.4 Å². The van der Waals surface area contributed by atoms with Gasteiger partial charge >= 0.3 is 0 Å². The second-order valence-electron chi connectivity index (χ2n) is 8.87. The molecule has 3 N–H and O–H groups in total. The Morgan fingerprint density at radius 2 is 1.00 bits per heavy atom. The molecular weight excluding hydrogens is 446 g/mol. The monoisotopic (exact) mass is 475 g/mol. The van der Waals surface area contributed by atoms with E-state index in [2.05, 4.69) is 16.0 Å². The molecule has 3 aromatic carbocycles. The van der Waals surface area contributed by atoms with Crippen LogP contribution >= 0.6 is 0 Å². The van der Waals surface area contributed by atoms with Crippen LogP contribution in [-0.4, -0.2) is 37.5 Å². The second-order valence-corrected chi connectivity index (χ2v) is 8.87. The van der Waals surface area contributed by atoms with Crippen LogP contribution in [0, 0.1) is 0 Å². The van der Waals surface area contributed by atoms with Gasteiger partial charge < -0.3 is 25.4 Å². The summed E-state index contributed by atoms with van der Waals surface area (Å²) >= 11 is 0. The van der Waals surface area contributed by atoms with E-state index in [0.29, 0.717) is 34.0 Å². The Morgan fingerprint density at radius 1 is 0.600 bits per heavy atom. The number of benzene rings is 3. The molecule has 0 aliphatic heterocycles. The summed E-state index contributed by atoms with van der Waals surface area (Å²) < 4.78 is 10.3. The van der Waals surface area contributed by atoms with Crippen LogP contribution in [0.5, 0.6) is 11.5 Å². The Hall–Kier alpha value is -4.33. The van der Waals surface area contributed by atoms with Gasteiger partial charge in [-0.15, -0.1) is 0 Å². The molecule has 182 valence electrons. The fourth-order valence-electron chi connectivity index (χ4n) is 3.21. The van der Waals surface area contributed by atoms with Crippen molar-refractivity contribution in [1.29, 1.82) is 0 Å². The summed E-state index contributed by atoms with van der Waals surface area (Å²) in [5, 5.41) is 8.48. The summed E-state index contributed by atoms with van der Waals surface area (Å²) in [6.07, 6.45) is 0. The molecule has 0 fully saturated rings. The maximum absolute atomic E-state index is 12.9. The number of nitrogens with one attached hydrogen (secondary N) is 3. The number of ether oxygens (including phenoxy) is 2. The molecule has 0 aliphatic rings. The Labute approximate surface area is 204 Å². The standard InChI is InChI=1S/C27H29N3O5/c1-27(2,3)30-26(33)19-14-20(28-24(31)17-6-10-22(34-4)11-7-17)16-21(15-19)29-25(32)18-8-12-23(35-5)13-9-18/h6-16H,1-5H3,(H,28,31)(H,29,32)(H,30,33). The Balaban J connectivity index is 1.88. The van der Waals surface area contributed by atoms with Gasteiger partial charge in [0.1, 0.15) is 11.5 Å². The van der Waals surface area contributed by atoms with Crippen LogP contribution in [0.3, 0.4) is 0 Å². The number of anilines is 2. The van der Waals surface area contributed by atoms with Crippen molar-refractivity contribution < 1.29 is 23.9 Å². The van der Waals surface area contributed by atoms with Gasteiger partial charge in [-0.25, -0.2) is 0 Å². The quantitative estimate of drug-likeness (QED) is 0.458. The summed E-state index contributed by atoms with van der Waals surface area (Å²) in [6.45, 7) is 5.60. The second kappa shape index (κ2) is 10.7. The van der Waals surface area contributed by atoms with Gasteiger partial charge in [0.2, 0.25) is 0 Å². The predicted octanol–water partition coefficient (Wildman–Crippen LogP) is 4.74. The van der Waals surface area contributed by atoms with Crippen LogP contribution < -0.4 is 25.4 Å². The molecule has 3 rings (SSSR count). The zero-order chi connectivity index (χ0) is 25.6. The van der Waals surface area contributed by atoms with Gasteiger partial charge in [0.15, 0.2) is 0 Å². The molecule has 0 aliphatic carbocycles. The summed E-state index contributed by atoms with van der Waals surface area (Å²) in [6, 6.07) is 18.0. The lowest BCUT2D eigenvalue weighted by atomic mass is 10.1. The molecule has 0 bridgehead atoms. The average molecular weight is 476 g/mol. The first kappa shape index (κ1) is 25.3. The first-order valence-electron chi connectivity index (χ1n) is 11.0. The van der Waals surface area contributed by atoms with E-state index in [4.69, 9.17) is 9.47 Å². The van der Waals surface area contributed by atoms with Crippen molar-refractivity contribution in [2.24, 2.45) is 0 Å². The molecule has 3 aromatic rings. The Kier molecular flexibility index (Phi) is 7.76. The number of methoxy groups -OCH3 is 2. The first-order valence-corrected chi connectivity index (χ1v) is 11.0. The fourth-order valence-corrected chi connectivity index (χ4v) is 3.21. The van der Waals surface area contributed by atoms with E-state index in [1.807, 2.05) is 20.8 Å². The lowest BCUT2D eigenvalue weighted by Crippen LogP contribution is -2.40. The van der Waals surface area contributed by atoms with Crippen molar-refractivity contribution in [2.45, 2.75) is 26.3 Å². The fraction of sp³-hybridized carbons (Fsp3) is 0.222. The highest BCUT2D eigenvalue weighted by atomic mass is 16.5. The average Bonchev–Trinajstić information content (AvgIpc) is 2.83. The number of carbonyl (C=O) groups excluding carboxylic acids is 3. The smallest absolute Gasteiger partial charge is 0.255 e. The summed E-state index contributed by atoms with van der Waals surface area (Å²) in [5.74, 6) is 0.191. The zero-order valence-electron chi connectivity index (χ0n) is 20.4. The molecule has 0 radical (unpaired) electrons. The van der Waals surface area contributed by atoms with Crippen LogP contribution in [0.2, 0.25) is 0 Å². The molecule has 0 spiro atoms. The van der Waals surface area contributed by atoms with Gasteiger partial charge in [-0.3, -0.25) is 14.4 Å². The minimum atomic E-state index is -0.466. The molecular formula is C27H29N3O5. The highest BCUT2D eigenvalue weighted by molar-refractivity contribution is 6.08. The number of amides is 3. The number of hydrogen-bond donors (Lipinski definition) is 3. The summed E-state index contributed by atoms with van der Waals surface area (Å²) in [7, 11) is 3.09. The van der Waals surface area contributed by atoms with Gasteiger partial charge in [-0.05, 0) is 87.5 Å². The van der Waals surface area contributed by atoms with Gasteiger partial charge in [0, 0.05) is 33.6 Å². The van der Waals surface area contributed by atoms with E-state index in [1.54, 1.807) is 80.9 Å². The van der Waals surface area contributed by atoms with Crippen molar-refractivity contribution >= 4 is 29.1 Å². The van der Waals surface area contributed by atoms with Gasteiger partial charge in [-0.2, -0.15) is 0 Å². The van der Waals surface area contributed by atoms with E-state index in [0.717, 1.165) is 0 Å². The maximum Gasteiger partial charge on any atom is 0.255 e. The van der Waals surface area contributed by atoms with Crippen molar-refractivity contribution in [2.75, 3.05) is 24.9 Å². The van der Waals surface area contributed by atoms with E-state index in [9.17, 15) is 14.4 Å². The summed E-state index contributed by atoms with van der Waals surface area (Å²) in [4.78, 5) is 38.4. The molecule has 0 atom stereocenters. The highest BCUT2D eigenvalue weighted by Crippen LogP contribution is 2.22. The summed E-state index contributed by atoms with van der Waals surface area (Å²) in [5.41, 5.74) is 1.37. The van der Waals surface area contributed by atoms with Crippen LogP contribution in [0.1, 0.15) is 51.8 Å². The minimum Gasteiger partial charge on any atom is -0.497 e. The number of hydrogen-bond acceptors (Lipinski definition) is 5. The molecule has 0 saturated heterocycles. The molecule has 8 nitrogen and oxygen atoms in total. The molecule has 8 heteroatoms. The lowest BCUT2D eigenvalue weighted by Gasteiger charge is -2.21. The molecule has 0 unspecified atom stereocenters. The highest BCUT2D eigenvalue weighted by Gasteiger charge is 2.18. The third-order valence-electron chi connectivity index (χ3n) is 4.90. The van der Waals surface area contributed by atoms with Gasteiger partial charge in [0.05, 0.1) is 14.2 Å². The SMILES string of the molecule is COc1ccc(C(=O)Nc2cc(NC(=O)c3ccc(OC)cc3)cc(C(=O)NC(C)(C)C)c2)cc1. The van der Waals surface area contributed by atoms with Gasteiger partial charge in [-0.1, -0.05) is 0 Å². The molecule has 35 heavy (non-hydrogen) atoms. The molecule has 0 saturated carbocycles. The van der Waals surface area contributed by atoms with Gasteiger partial charge in [0.25, 0.3) is 17.7 Å². The maximum atomic E-state index is 12.9. The van der Waals surface area contributed by atoms with E-state index < -0.39 is 5.54 Å². The third-order valence-corrected chi connectivity index (χ3v) is 4.90. The predicted molar refractivity (Wildman–Crippen MR) is 136 cm³/mol. The van der Waals surface area contributed by atoms with Crippen LogP contribution in [-0.2, 0) is 0 Å². The lowest BCUT2D eigenvalue weighted by molar-refractivity contribution is 0.0917. The van der Waals surface area contributed by atoms with E-state index in [1.165, 1.54) is 0 Å². The molecule has 0 aromatic heterocycles. The number of carbonyl (C=O) groups is 3. The van der Waals surface area contributed by atoms with Crippen LogP contribution in [0.25, 0.3) is 0 Å². The van der Waals surface area contributed by atoms with Crippen LogP contribution in [0.15, 0.2) is 66.7 Å². The minimum absolute atomic E-state index is 0.289. The van der Waals surface area contributed by atoms with E-state index in [-0.39, 0.29) is 23.3 Å². The van der Waals surface area contributed by atoms with Crippen molar-refractivity contribution in [1.82, 2.24) is 5.32 Å². The van der Waals surface area contributed by atoms with E-state index >= 15 is 0 Å². The normalized spacial score (nSPS) is 10.8. The largest absolute Gasteiger partial charge is 0.497 e. The first-order chi connectivity index (χ1) is 16.6. The molecule has 0 heterocycles. The topological polar surface area (TPSA) is 106 Å². The Bertz CT molecular complexity index is 1130. The van der Waals surface area contributed by atoms with Crippen molar-refractivity contribution in [3.8, 4) is 11.5 Å². The van der Waals surface area contributed by atoms with Crippen LogP contribution in [0.4, 0.5) is 11.4 Å². The zero-order valence-corrected chi connectivity index (χ0v) is 20.4. The molecule has 3 amide bonds. The number of rotatable bonds is 7. The van der Waals surface area contributed by atoms with Crippen molar-refractivity contribution in [3.63, 3.8) is 0 Å². The third kappa shape index (κ3) is 7.07.